The van der Waals surface area contributed by atoms with Crippen LogP contribution in [-0.4, -0.2) is 49.3 Å². The van der Waals surface area contributed by atoms with Gasteiger partial charge < -0.3 is 15.0 Å². The standard InChI is InChI=1S/C37H74N2O/c1-5-9-13-16-20-24-35(23-17-12-8-4)38-36-29-37(30-36)40-32-34-25-27-39(28-26-34)31-33(21-18-14-10-6-2)22-19-15-11-7-3/h33-38H,5-32H2,1-4H3/t35?,36-,37-. The largest absolute Gasteiger partial charge is 0.378 e. The third kappa shape index (κ3) is 17.1. The fraction of sp³-hybridized carbons (Fsp3) is 1.00. The second-order valence-corrected chi connectivity index (χ2v) is 14.0. The van der Waals surface area contributed by atoms with Crippen LogP contribution in [0, 0.1) is 11.8 Å². The van der Waals surface area contributed by atoms with E-state index in [0.29, 0.717) is 12.1 Å². The summed E-state index contributed by atoms with van der Waals surface area (Å²) in [5, 5.41) is 4.05. The number of nitrogens with one attached hydrogen (secondary N) is 1. The second kappa shape index (κ2) is 24.3. The zero-order chi connectivity index (χ0) is 28.7. The Kier molecular flexibility index (Phi) is 21.9. The summed E-state index contributed by atoms with van der Waals surface area (Å²) in [4.78, 5) is 2.81. The zero-order valence-corrected chi connectivity index (χ0v) is 28.0. The van der Waals surface area contributed by atoms with Gasteiger partial charge in [0.25, 0.3) is 0 Å². The third-order valence-corrected chi connectivity index (χ3v) is 10.1. The summed E-state index contributed by atoms with van der Waals surface area (Å²) < 4.78 is 6.46. The molecule has 40 heavy (non-hydrogen) atoms. The fourth-order valence-corrected chi connectivity index (χ4v) is 7.14. The Morgan fingerprint density at radius 3 is 1.68 bits per heavy atom. The van der Waals surface area contributed by atoms with Crippen molar-refractivity contribution in [1.82, 2.24) is 10.2 Å². The highest BCUT2D eigenvalue weighted by Gasteiger charge is 2.32. The molecule has 2 rings (SSSR count). The SMILES string of the molecule is CCCCCCCC(CCCCC)N[C@H]1C[C@H](OCC2CCN(CC(CCCCCC)CCCCCC)CC2)C1. The monoisotopic (exact) mass is 563 g/mol. The number of hydrogen-bond acceptors (Lipinski definition) is 3. The van der Waals surface area contributed by atoms with Gasteiger partial charge in [0.2, 0.25) is 0 Å². The molecule has 0 radical (unpaired) electrons. The van der Waals surface area contributed by atoms with Crippen molar-refractivity contribution in [3.05, 3.63) is 0 Å². The van der Waals surface area contributed by atoms with Crippen LogP contribution in [0.2, 0.25) is 0 Å². The van der Waals surface area contributed by atoms with Crippen LogP contribution in [0.15, 0.2) is 0 Å². The van der Waals surface area contributed by atoms with Gasteiger partial charge in [-0.2, -0.15) is 0 Å². The maximum Gasteiger partial charge on any atom is 0.0605 e. The smallest absolute Gasteiger partial charge is 0.0605 e. The molecule has 3 heteroatoms. The highest BCUT2D eigenvalue weighted by molar-refractivity contribution is 4.89. The van der Waals surface area contributed by atoms with E-state index in [1.807, 2.05) is 0 Å². The van der Waals surface area contributed by atoms with E-state index < -0.39 is 0 Å². The summed E-state index contributed by atoms with van der Waals surface area (Å²) in [7, 11) is 0. The van der Waals surface area contributed by atoms with Gasteiger partial charge >= 0.3 is 0 Å². The first-order valence-corrected chi connectivity index (χ1v) is 18.8. The van der Waals surface area contributed by atoms with Crippen molar-refractivity contribution in [2.45, 2.75) is 200 Å². The van der Waals surface area contributed by atoms with Crippen molar-refractivity contribution < 1.29 is 4.74 Å². The van der Waals surface area contributed by atoms with E-state index in [1.165, 1.54) is 174 Å². The fourth-order valence-electron chi connectivity index (χ4n) is 7.14. The van der Waals surface area contributed by atoms with E-state index in [2.05, 4.69) is 37.9 Å². The molecule has 3 nitrogen and oxygen atoms in total. The molecule has 1 N–H and O–H groups in total. The van der Waals surface area contributed by atoms with E-state index in [-0.39, 0.29) is 0 Å². The maximum absolute atomic E-state index is 6.46. The summed E-state index contributed by atoms with van der Waals surface area (Å²) in [5.74, 6) is 1.73. The van der Waals surface area contributed by atoms with Crippen molar-refractivity contribution in [2.24, 2.45) is 11.8 Å². The Labute approximate surface area is 252 Å². The van der Waals surface area contributed by atoms with Crippen LogP contribution < -0.4 is 5.32 Å². The van der Waals surface area contributed by atoms with Crippen LogP contribution in [0.3, 0.4) is 0 Å². The molecular weight excluding hydrogens is 488 g/mol. The normalized spacial score (nSPS) is 21.2. The lowest BCUT2D eigenvalue weighted by Gasteiger charge is -2.40. The van der Waals surface area contributed by atoms with Gasteiger partial charge in [-0.3, -0.25) is 0 Å². The van der Waals surface area contributed by atoms with Crippen molar-refractivity contribution in [1.29, 1.82) is 0 Å². The Morgan fingerprint density at radius 1 is 0.625 bits per heavy atom. The molecule has 1 saturated heterocycles. The van der Waals surface area contributed by atoms with Gasteiger partial charge in [0.05, 0.1) is 6.10 Å². The van der Waals surface area contributed by atoms with Crippen LogP contribution >= 0.6 is 0 Å². The number of nitrogens with zero attached hydrogens (tertiary/aromatic N) is 1. The summed E-state index contributed by atoms with van der Waals surface area (Å²) >= 11 is 0. The molecule has 1 atom stereocenters. The Balaban J connectivity index is 1.59. The minimum Gasteiger partial charge on any atom is -0.378 e. The number of hydrogen-bond donors (Lipinski definition) is 1. The van der Waals surface area contributed by atoms with Crippen molar-refractivity contribution in [2.75, 3.05) is 26.2 Å². The molecule has 2 aliphatic rings. The minimum atomic E-state index is 0.520. The molecule has 0 aromatic rings. The van der Waals surface area contributed by atoms with Crippen molar-refractivity contribution in [3.63, 3.8) is 0 Å². The Morgan fingerprint density at radius 2 is 1.10 bits per heavy atom. The Hall–Kier alpha value is -0.120. The topological polar surface area (TPSA) is 24.5 Å². The maximum atomic E-state index is 6.46. The number of unbranched alkanes of at least 4 members (excludes halogenated alkanes) is 12. The first kappa shape index (κ1) is 36.1. The van der Waals surface area contributed by atoms with Gasteiger partial charge in [-0.15, -0.1) is 0 Å². The van der Waals surface area contributed by atoms with E-state index >= 15 is 0 Å². The number of piperidine rings is 1. The predicted octanol–water partition coefficient (Wildman–Crippen LogP) is 10.7. The number of ether oxygens (including phenoxy) is 1. The first-order valence-electron chi connectivity index (χ1n) is 18.8. The van der Waals surface area contributed by atoms with Gasteiger partial charge in [-0.1, -0.05) is 130 Å². The summed E-state index contributed by atoms with van der Waals surface area (Å²) in [5.41, 5.74) is 0. The molecule has 0 aromatic carbocycles. The van der Waals surface area contributed by atoms with Crippen molar-refractivity contribution in [3.8, 4) is 0 Å². The summed E-state index contributed by atoms with van der Waals surface area (Å²) in [6.07, 6.45) is 33.9. The lowest BCUT2D eigenvalue weighted by Crippen LogP contribution is -2.50. The van der Waals surface area contributed by atoms with E-state index in [9.17, 15) is 0 Å². The molecule has 1 aliphatic carbocycles. The molecule has 1 aliphatic heterocycles. The van der Waals surface area contributed by atoms with E-state index in [1.54, 1.807) is 0 Å². The van der Waals surface area contributed by atoms with Crippen LogP contribution in [0.1, 0.15) is 182 Å². The quantitative estimate of drug-likeness (QED) is 0.101. The zero-order valence-electron chi connectivity index (χ0n) is 28.0. The van der Waals surface area contributed by atoms with E-state index in [4.69, 9.17) is 4.74 Å². The van der Waals surface area contributed by atoms with Gasteiger partial charge in [-0.05, 0) is 76.3 Å². The van der Waals surface area contributed by atoms with Gasteiger partial charge in [0.15, 0.2) is 0 Å². The van der Waals surface area contributed by atoms with Gasteiger partial charge in [-0.25, -0.2) is 0 Å². The van der Waals surface area contributed by atoms with Crippen LogP contribution in [-0.2, 0) is 4.74 Å². The first-order chi connectivity index (χ1) is 19.7. The Bertz CT molecular complexity index is 528. The minimum absolute atomic E-state index is 0.520. The average molecular weight is 563 g/mol. The highest BCUT2D eigenvalue weighted by Crippen LogP contribution is 2.28. The van der Waals surface area contributed by atoms with E-state index in [0.717, 1.165) is 24.5 Å². The number of likely N-dealkylation sites (tertiary alicyclic amines) is 1. The average Bonchev–Trinajstić information content (AvgIpc) is 2.94. The van der Waals surface area contributed by atoms with Crippen LogP contribution in [0.4, 0.5) is 0 Å². The molecule has 0 bridgehead atoms. The molecule has 238 valence electrons. The molecule has 2 fully saturated rings. The van der Waals surface area contributed by atoms with Gasteiger partial charge in [0.1, 0.15) is 0 Å². The summed E-state index contributed by atoms with van der Waals surface area (Å²) in [6, 6.07) is 1.45. The van der Waals surface area contributed by atoms with Gasteiger partial charge in [0, 0.05) is 25.2 Å². The molecule has 1 saturated carbocycles. The molecule has 0 aromatic heterocycles. The summed E-state index contributed by atoms with van der Waals surface area (Å²) in [6.45, 7) is 14.3. The van der Waals surface area contributed by atoms with Crippen molar-refractivity contribution >= 4 is 0 Å². The lowest BCUT2D eigenvalue weighted by molar-refractivity contribution is -0.0430. The lowest BCUT2D eigenvalue weighted by atomic mass is 9.87. The molecule has 0 spiro atoms. The highest BCUT2D eigenvalue weighted by atomic mass is 16.5. The molecule has 0 amide bonds. The molecule has 1 unspecified atom stereocenters. The second-order valence-electron chi connectivity index (χ2n) is 14.0. The third-order valence-electron chi connectivity index (χ3n) is 10.1. The number of rotatable bonds is 27. The van der Waals surface area contributed by atoms with Crippen LogP contribution in [0.25, 0.3) is 0 Å². The molecular formula is C37H74N2O. The molecule has 1 heterocycles. The predicted molar refractivity (Wildman–Crippen MR) is 177 cm³/mol. The van der Waals surface area contributed by atoms with Crippen LogP contribution in [0.5, 0.6) is 0 Å².